The first-order valence-electron chi connectivity index (χ1n) is 18.6. The second kappa shape index (κ2) is 15.8. The molecule has 14 nitrogen and oxygen atoms in total. The number of hydrogen-bond donors (Lipinski definition) is 5. The summed E-state index contributed by atoms with van der Waals surface area (Å²) < 4.78 is 73.7. The number of methoxy groups -OCH3 is 1. The molecule has 5 N–H and O–H groups in total. The maximum absolute atomic E-state index is 14.4. The van der Waals surface area contributed by atoms with Crippen LogP contribution in [0.5, 0.6) is 5.75 Å². The Kier molecular flexibility index (Phi) is 11.5. The quantitative estimate of drug-likeness (QED) is 0.249. The molecule has 0 aromatic heterocycles. The van der Waals surface area contributed by atoms with Crippen molar-refractivity contribution in [2.24, 2.45) is 5.92 Å². The molecule has 3 aliphatic carbocycles. The van der Waals surface area contributed by atoms with Crippen LogP contribution in [-0.4, -0.2) is 91.6 Å². The predicted molar refractivity (Wildman–Crippen MR) is 188 cm³/mol. The van der Waals surface area contributed by atoms with Gasteiger partial charge >= 0.3 is 12.2 Å². The van der Waals surface area contributed by atoms with E-state index < -0.39 is 92.0 Å². The normalized spacial score (nSPS) is 28.7. The average molecular weight is 781 g/mol. The highest BCUT2D eigenvalue weighted by molar-refractivity contribution is 7.91. The standard InChI is InChI=1S/C36H47F3N6O8S/c1-53-29-16-13-21(17-26(29)36(37,38)39)30(46)40-24-18-28-31(47)43-35(33(49)44-54(51,52)25-14-15-25)19-22(35)9-5-3-2-4-6-12-27(32(48)45(28)20-24)42-34(50)41-23-10-7-8-11-23/h5,9,13,16-17,22-25,27-28H,2-4,6-8,10-12,14-15,18-20H2,1H3,(H,40,46)(H,43,47)(H,44,49)(H2,41,42,50)/b9-5-/t22-,24-,27+,28+,35-/m1/s1. The van der Waals surface area contributed by atoms with E-state index in [4.69, 9.17) is 4.74 Å². The number of alkyl halides is 3. The van der Waals surface area contributed by atoms with Gasteiger partial charge < -0.3 is 30.9 Å². The molecule has 6 amide bonds. The van der Waals surface area contributed by atoms with Crippen molar-refractivity contribution in [3.05, 3.63) is 41.5 Å². The molecule has 4 fully saturated rings. The lowest BCUT2D eigenvalue weighted by atomic mass is 10.0. The summed E-state index contributed by atoms with van der Waals surface area (Å²) in [6, 6.07) is -0.982. The minimum absolute atomic E-state index is 0.0348. The summed E-state index contributed by atoms with van der Waals surface area (Å²) in [5, 5.41) is 10.4. The fourth-order valence-corrected chi connectivity index (χ4v) is 9.06. The van der Waals surface area contributed by atoms with Crippen LogP contribution >= 0.6 is 0 Å². The molecule has 6 rings (SSSR count). The Morgan fingerprint density at radius 1 is 0.944 bits per heavy atom. The van der Waals surface area contributed by atoms with Crippen molar-refractivity contribution in [2.45, 2.75) is 125 Å². The molecule has 0 spiro atoms. The van der Waals surface area contributed by atoms with Crippen LogP contribution in [0, 0.1) is 5.92 Å². The van der Waals surface area contributed by atoms with Gasteiger partial charge in [-0.1, -0.05) is 37.8 Å². The lowest BCUT2D eigenvalue weighted by Gasteiger charge is -2.30. The van der Waals surface area contributed by atoms with Crippen LogP contribution in [-0.2, 0) is 30.6 Å². The van der Waals surface area contributed by atoms with Gasteiger partial charge in [0.05, 0.1) is 17.9 Å². The monoisotopic (exact) mass is 780 g/mol. The van der Waals surface area contributed by atoms with E-state index in [1.165, 1.54) is 4.90 Å². The van der Waals surface area contributed by atoms with Crippen LogP contribution in [0.2, 0.25) is 0 Å². The number of fused-ring (bicyclic) bond motifs is 2. The first-order chi connectivity index (χ1) is 25.6. The van der Waals surface area contributed by atoms with Crippen LogP contribution in [0.1, 0.15) is 99.4 Å². The van der Waals surface area contributed by atoms with E-state index in [9.17, 15) is 45.6 Å². The van der Waals surface area contributed by atoms with Gasteiger partial charge in [-0.15, -0.1) is 0 Å². The Bertz CT molecular complexity index is 1780. The summed E-state index contributed by atoms with van der Waals surface area (Å²) in [5.74, 6) is -4.14. The number of sulfonamides is 1. The third-order valence-corrected chi connectivity index (χ3v) is 12.8. The van der Waals surface area contributed by atoms with E-state index >= 15 is 0 Å². The van der Waals surface area contributed by atoms with Crippen molar-refractivity contribution in [1.29, 1.82) is 0 Å². The number of hydrogen-bond acceptors (Lipinski definition) is 8. The molecule has 0 radical (unpaired) electrons. The summed E-state index contributed by atoms with van der Waals surface area (Å²) in [4.78, 5) is 69.9. The van der Waals surface area contributed by atoms with Crippen molar-refractivity contribution in [1.82, 2.24) is 30.9 Å². The Morgan fingerprint density at radius 3 is 2.35 bits per heavy atom. The summed E-state index contributed by atoms with van der Waals surface area (Å²) in [5.41, 5.74) is -3.09. The molecule has 0 bridgehead atoms. The van der Waals surface area contributed by atoms with E-state index in [0.29, 0.717) is 38.2 Å². The zero-order valence-electron chi connectivity index (χ0n) is 30.0. The minimum atomic E-state index is -4.82. The van der Waals surface area contributed by atoms with Gasteiger partial charge in [0, 0.05) is 30.1 Å². The number of nitrogens with zero attached hydrogens (tertiary/aromatic N) is 1. The maximum atomic E-state index is 14.4. The molecule has 54 heavy (non-hydrogen) atoms. The van der Waals surface area contributed by atoms with Crippen molar-refractivity contribution in [3.63, 3.8) is 0 Å². The number of carbonyl (C=O) groups is 5. The Labute approximate surface area is 311 Å². The van der Waals surface area contributed by atoms with Gasteiger partial charge in [-0.05, 0) is 76.0 Å². The van der Waals surface area contributed by atoms with Gasteiger partial charge in [-0.2, -0.15) is 13.2 Å². The molecule has 1 aromatic carbocycles. The Balaban J connectivity index is 1.27. The Hall–Kier alpha value is -4.35. The third kappa shape index (κ3) is 8.95. The van der Waals surface area contributed by atoms with Gasteiger partial charge in [-0.25, -0.2) is 13.2 Å². The molecular weight excluding hydrogens is 733 g/mol. The number of allylic oxidation sites excluding steroid dienone is 1. The van der Waals surface area contributed by atoms with Crippen LogP contribution in [0.25, 0.3) is 0 Å². The summed E-state index contributed by atoms with van der Waals surface area (Å²) in [6.07, 6.45) is 6.10. The number of carbonyl (C=O) groups excluding carboxylic acids is 5. The van der Waals surface area contributed by atoms with Crippen molar-refractivity contribution in [3.8, 4) is 5.75 Å². The first kappa shape index (κ1) is 39.3. The average Bonchev–Trinajstić information content (AvgIpc) is 3.99. The molecule has 1 aromatic rings. The van der Waals surface area contributed by atoms with Crippen LogP contribution in [0.15, 0.2) is 30.4 Å². The number of rotatable bonds is 8. The number of benzene rings is 1. The number of halogens is 3. The van der Waals surface area contributed by atoms with Crippen molar-refractivity contribution >= 4 is 39.7 Å². The molecule has 1 saturated heterocycles. The van der Waals surface area contributed by atoms with Crippen LogP contribution < -0.4 is 30.7 Å². The first-order valence-corrected chi connectivity index (χ1v) is 20.1. The highest BCUT2D eigenvalue weighted by Gasteiger charge is 2.62. The predicted octanol–water partition coefficient (Wildman–Crippen LogP) is 3.03. The van der Waals surface area contributed by atoms with E-state index in [1.807, 2.05) is 6.08 Å². The van der Waals surface area contributed by atoms with Crippen LogP contribution in [0.3, 0.4) is 0 Å². The number of amides is 6. The molecule has 5 atom stereocenters. The zero-order valence-corrected chi connectivity index (χ0v) is 30.8. The van der Waals surface area contributed by atoms with Gasteiger partial charge in [-0.3, -0.25) is 23.9 Å². The molecule has 5 aliphatic rings. The fourth-order valence-electron chi connectivity index (χ4n) is 7.70. The molecule has 3 saturated carbocycles. The summed E-state index contributed by atoms with van der Waals surface area (Å²) >= 11 is 0. The second-order valence-corrected chi connectivity index (χ2v) is 17.0. The third-order valence-electron chi connectivity index (χ3n) is 11.0. The van der Waals surface area contributed by atoms with Crippen molar-refractivity contribution in [2.75, 3.05) is 13.7 Å². The largest absolute Gasteiger partial charge is 0.496 e. The molecule has 2 aliphatic heterocycles. The molecular formula is C36H47F3N6O8S. The van der Waals surface area contributed by atoms with E-state index in [-0.39, 0.29) is 37.4 Å². The lowest BCUT2D eigenvalue weighted by molar-refractivity contribution is -0.141. The van der Waals surface area contributed by atoms with E-state index in [1.54, 1.807) is 6.08 Å². The van der Waals surface area contributed by atoms with Gasteiger partial charge in [0.2, 0.25) is 21.8 Å². The van der Waals surface area contributed by atoms with Gasteiger partial charge in [0.15, 0.2) is 0 Å². The topological polar surface area (TPSA) is 192 Å². The smallest absolute Gasteiger partial charge is 0.419 e. The number of urea groups is 1. The van der Waals surface area contributed by atoms with Gasteiger partial charge in [0.1, 0.15) is 23.4 Å². The van der Waals surface area contributed by atoms with Gasteiger partial charge in [0.25, 0.3) is 11.8 Å². The lowest BCUT2D eigenvalue weighted by Crippen LogP contribution is -2.59. The van der Waals surface area contributed by atoms with Crippen LogP contribution in [0.4, 0.5) is 18.0 Å². The maximum Gasteiger partial charge on any atom is 0.419 e. The molecule has 2 heterocycles. The fraction of sp³-hybridized carbons (Fsp3) is 0.639. The Morgan fingerprint density at radius 2 is 1.67 bits per heavy atom. The summed E-state index contributed by atoms with van der Waals surface area (Å²) in [7, 11) is -2.89. The van der Waals surface area contributed by atoms with E-state index in [0.717, 1.165) is 51.3 Å². The molecule has 0 unspecified atom stereocenters. The highest BCUT2D eigenvalue weighted by atomic mass is 32.2. The second-order valence-electron chi connectivity index (χ2n) is 15.0. The number of ether oxygens (including phenoxy) is 1. The number of nitrogens with one attached hydrogen (secondary N) is 5. The highest BCUT2D eigenvalue weighted by Crippen LogP contribution is 2.46. The van der Waals surface area contributed by atoms with Crippen molar-refractivity contribution < 1.29 is 50.3 Å². The molecule has 296 valence electrons. The zero-order chi connectivity index (χ0) is 38.8. The van der Waals surface area contributed by atoms with E-state index in [2.05, 4.69) is 26.0 Å². The minimum Gasteiger partial charge on any atom is -0.496 e. The molecule has 18 heteroatoms. The SMILES string of the molecule is COc1ccc(C(=O)N[C@@H]2C[C@H]3C(=O)N[C@]4(C(=O)NS(=O)(=O)C5CC5)C[C@H]4/C=C\CCCCC[C@H](NC(=O)NC4CCCC4)C(=O)N3C2)cc1C(F)(F)F. The summed E-state index contributed by atoms with van der Waals surface area (Å²) in [6.45, 7) is -0.230.